The van der Waals surface area contributed by atoms with Gasteiger partial charge in [-0.25, -0.2) is 0 Å². The van der Waals surface area contributed by atoms with Gasteiger partial charge < -0.3 is 10.6 Å². The fourth-order valence-electron chi connectivity index (χ4n) is 2.07. The van der Waals surface area contributed by atoms with E-state index < -0.39 is 4.92 Å². The lowest BCUT2D eigenvalue weighted by molar-refractivity contribution is -0.384. The summed E-state index contributed by atoms with van der Waals surface area (Å²) in [6.07, 6.45) is 1.48. The summed E-state index contributed by atoms with van der Waals surface area (Å²) in [4.78, 5) is 22.0. The van der Waals surface area contributed by atoms with Gasteiger partial charge in [0.05, 0.1) is 10.6 Å². The summed E-state index contributed by atoms with van der Waals surface area (Å²) >= 11 is 3.23. The van der Waals surface area contributed by atoms with E-state index in [0.717, 1.165) is 19.5 Å². The number of rotatable bonds is 4. The van der Waals surface area contributed by atoms with Gasteiger partial charge in [-0.2, -0.15) is 0 Å². The van der Waals surface area contributed by atoms with Crippen LogP contribution in [0.1, 0.15) is 12.8 Å². The van der Waals surface area contributed by atoms with Crippen molar-refractivity contribution in [3.63, 3.8) is 0 Å². The molecule has 6 nitrogen and oxygen atoms in total. The maximum absolute atomic E-state index is 11.8. The van der Waals surface area contributed by atoms with Gasteiger partial charge in [0.15, 0.2) is 0 Å². The normalized spacial score (nSPS) is 18.3. The summed E-state index contributed by atoms with van der Waals surface area (Å²) in [6.45, 7) is 1.83. The van der Waals surface area contributed by atoms with Crippen LogP contribution in [-0.4, -0.2) is 23.9 Å². The van der Waals surface area contributed by atoms with Crippen LogP contribution in [0.3, 0.4) is 0 Å². The quantitative estimate of drug-likeness (QED) is 0.656. The van der Waals surface area contributed by atoms with Gasteiger partial charge in [-0.15, -0.1) is 0 Å². The molecule has 0 aromatic heterocycles. The van der Waals surface area contributed by atoms with E-state index in [9.17, 15) is 14.9 Å². The summed E-state index contributed by atoms with van der Waals surface area (Å²) in [6, 6.07) is 4.29. The van der Waals surface area contributed by atoms with Gasteiger partial charge in [0.2, 0.25) is 5.91 Å². The number of nitro benzene ring substituents is 1. The largest absolute Gasteiger partial charge is 0.325 e. The number of anilines is 1. The molecule has 1 amide bonds. The SMILES string of the molecule is O=C(CC1CCNC1)Nc1ccc([N+](=O)[O-])cc1Br. The number of nitro groups is 1. The van der Waals surface area contributed by atoms with Crippen LogP contribution in [-0.2, 0) is 4.79 Å². The Labute approximate surface area is 118 Å². The van der Waals surface area contributed by atoms with Crippen LogP contribution >= 0.6 is 15.9 Å². The van der Waals surface area contributed by atoms with E-state index in [4.69, 9.17) is 0 Å². The van der Waals surface area contributed by atoms with Crippen LogP contribution in [0.15, 0.2) is 22.7 Å². The molecule has 1 aromatic rings. The van der Waals surface area contributed by atoms with Crippen molar-refractivity contribution in [2.45, 2.75) is 12.8 Å². The number of halogens is 1. The fourth-order valence-corrected chi connectivity index (χ4v) is 2.54. The van der Waals surface area contributed by atoms with E-state index >= 15 is 0 Å². The zero-order valence-electron chi connectivity index (χ0n) is 10.2. The predicted octanol–water partition coefficient (Wildman–Crippen LogP) is 2.30. The number of carbonyl (C=O) groups is 1. The van der Waals surface area contributed by atoms with Crippen LogP contribution in [0.5, 0.6) is 0 Å². The third-order valence-electron chi connectivity index (χ3n) is 3.07. The van der Waals surface area contributed by atoms with Crippen molar-refractivity contribution in [1.29, 1.82) is 0 Å². The Kier molecular flexibility index (Phi) is 4.49. The molecular formula is C12H14BrN3O3. The van der Waals surface area contributed by atoms with E-state index in [1.54, 1.807) is 0 Å². The molecule has 0 spiro atoms. The Morgan fingerprint density at radius 3 is 2.95 bits per heavy atom. The van der Waals surface area contributed by atoms with E-state index in [1.165, 1.54) is 18.2 Å². The van der Waals surface area contributed by atoms with Gasteiger partial charge in [-0.05, 0) is 47.4 Å². The summed E-state index contributed by atoms with van der Waals surface area (Å²) in [5.74, 6) is 0.306. The molecule has 0 radical (unpaired) electrons. The van der Waals surface area contributed by atoms with Gasteiger partial charge in [0, 0.05) is 23.0 Å². The van der Waals surface area contributed by atoms with Crippen molar-refractivity contribution in [2.24, 2.45) is 5.92 Å². The molecule has 0 saturated carbocycles. The minimum absolute atomic E-state index is 0.00938. The summed E-state index contributed by atoms with van der Waals surface area (Å²) in [5.41, 5.74) is 0.548. The molecule has 1 aliphatic rings. The summed E-state index contributed by atoms with van der Waals surface area (Å²) in [5, 5.41) is 16.6. The van der Waals surface area contributed by atoms with E-state index in [2.05, 4.69) is 26.6 Å². The summed E-state index contributed by atoms with van der Waals surface area (Å²) < 4.78 is 0.514. The zero-order chi connectivity index (χ0) is 13.8. The molecule has 2 rings (SSSR count). The van der Waals surface area contributed by atoms with Crippen molar-refractivity contribution in [3.05, 3.63) is 32.8 Å². The number of amides is 1. The standard InChI is InChI=1S/C12H14BrN3O3/c13-10-6-9(16(18)19)1-2-11(10)15-12(17)5-8-3-4-14-7-8/h1-2,6,8,14H,3-5,7H2,(H,15,17). The minimum atomic E-state index is -0.472. The van der Waals surface area contributed by atoms with Gasteiger partial charge in [0.25, 0.3) is 5.69 Å². The Balaban J connectivity index is 1.98. The molecule has 0 bridgehead atoms. The van der Waals surface area contributed by atoms with Crippen molar-refractivity contribution in [1.82, 2.24) is 5.32 Å². The molecule has 1 aromatic carbocycles. The second-order valence-corrected chi connectivity index (χ2v) is 5.39. The Bertz CT molecular complexity index is 501. The first-order chi connectivity index (χ1) is 9.06. The highest BCUT2D eigenvalue weighted by Crippen LogP contribution is 2.27. The second-order valence-electron chi connectivity index (χ2n) is 4.53. The molecule has 19 heavy (non-hydrogen) atoms. The number of hydrogen-bond acceptors (Lipinski definition) is 4. The molecule has 1 heterocycles. The number of nitrogens with one attached hydrogen (secondary N) is 2. The third-order valence-corrected chi connectivity index (χ3v) is 3.73. The first kappa shape index (κ1) is 14.0. The van der Waals surface area contributed by atoms with Crippen molar-refractivity contribution in [3.8, 4) is 0 Å². The first-order valence-electron chi connectivity index (χ1n) is 6.01. The van der Waals surface area contributed by atoms with Crippen molar-refractivity contribution < 1.29 is 9.72 Å². The van der Waals surface area contributed by atoms with Crippen LogP contribution in [0.2, 0.25) is 0 Å². The number of benzene rings is 1. The molecule has 1 atom stereocenters. The lowest BCUT2D eigenvalue weighted by atomic mass is 10.0. The zero-order valence-corrected chi connectivity index (χ0v) is 11.8. The lowest BCUT2D eigenvalue weighted by Crippen LogP contribution is -2.18. The van der Waals surface area contributed by atoms with Crippen molar-refractivity contribution in [2.75, 3.05) is 18.4 Å². The lowest BCUT2D eigenvalue weighted by Gasteiger charge is -2.10. The Hall–Kier alpha value is -1.47. The van der Waals surface area contributed by atoms with E-state index in [-0.39, 0.29) is 11.6 Å². The molecular weight excluding hydrogens is 314 g/mol. The molecule has 102 valence electrons. The van der Waals surface area contributed by atoms with Crippen LogP contribution < -0.4 is 10.6 Å². The average molecular weight is 328 g/mol. The van der Waals surface area contributed by atoms with Gasteiger partial charge in [-0.3, -0.25) is 14.9 Å². The number of hydrogen-bond donors (Lipinski definition) is 2. The van der Waals surface area contributed by atoms with Gasteiger partial charge >= 0.3 is 0 Å². The van der Waals surface area contributed by atoms with Crippen molar-refractivity contribution >= 4 is 33.2 Å². The highest BCUT2D eigenvalue weighted by atomic mass is 79.9. The molecule has 1 fully saturated rings. The molecule has 1 saturated heterocycles. The number of nitrogens with zero attached hydrogens (tertiary/aromatic N) is 1. The Morgan fingerprint density at radius 2 is 2.37 bits per heavy atom. The molecule has 1 aliphatic heterocycles. The maximum atomic E-state index is 11.8. The van der Waals surface area contributed by atoms with Crippen LogP contribution in [0.25, 0.3) is 0 Å². The first-order valence-corrected chi connectivity index (χ1v) is 6.80. The third kappa shape index (κ3) is 3.74. The smallest absolute Gasteiger partial charge is 0.270 e. The summed E-state index contributed by atoms with van der Waals surface area (Å²) in [7, 11) is 0. The van der Waals surface area contributed by atoms with Crippen LogP contribution in [0, 0.1) is 16.0 Å². The predicted molar refractivity (Wildman–Crippen MR) is 75.0 cm³/mol. The Morgan fingerprint density at radius 1 is 1.58 bits per heavy atom. The fraction of sp³-hybridized carbons (Fsp3) is 0.417. The maximum Gasteiger partial charge on any atom is 0.270 e. The highest BCUT2D eigenvalue weighted by molar-refractivity contribution is 9.10. The average Bonchev–Trinajstić information content (AvgIpc) is 2.84. The van der Waals surface area contributed by atoms with E-state index in [1.807, 2.05) is 0 Å². The molecule has 7 heteroatoms. The molecule has 0 aliphatic carbocycles. The topological polar surface area (TPSA) is 84.3 Å². The molecule has 2 N–H and O–H groups in total. The second kappa shape index (κ2) is 6.12. The van der Waals surface area contributed by atoms with Gasteiger partial charge in [0.1, 0.15) is 0 Å². The number of non-ortho nitro benzene ring substituents is 1. The van der Waals surface area contributed by atoms with E-state index in [0.29, 0.717) is 22.5 Å². The van der Waals surface area contributed by atoms with Crippen LogP contribution in [0.4, 0.5) is 11.4 Å². The monoisotopic (exact) mass is 327 g/mol. The highest BCUT2D eigenvalue weighted by Gasteiger charge is 2.19. The number of carbonyl (C=O) groups excluding carboxylic acids is 1. The molecule has 1 unspecified atom stereocenters. The minimum Gasteiger partial charge on any atom is -0.325 e. The van der Waals surface area contributed by atoms with Gasteiger partial charge in [-0.1, -0.05) is 0 Å².